The van der Waals surface area contributed by atoms with E-state index >= 15 is 0 Å². The van der Waals surface area contributed by atoms with Crippen molar-refractivity contribution < 1.29 is 9.53 Å². The molecule has 0 unspecified atom stereocenters. The number of ether oxygens (including phenoxy) is 1. The van der Waals surface area contributed by atoms with Gasteiger partial charge in [-0.1, -0.05) is 12.1 Å². The number of hydrogen-bond donors (Lipinski definition) is 1. The molecule has 0 aromatic heterocycles. The standard InChI is InChI=1S/C14H21NO2/c1-14(2,15-3)13(16)10-7-11-5-8-12(17-4)9-6-11/h5-6,8-9,15H,7,10H2,1-4H3. The van der Waals surface area contributed by atoms with Crippen LogP contribution in [0.25, 0.3) is 0 Å². The lowest BCUT2D eigenvalue weighted by Gasteiger charge is -2.22. The Morgan fingerprint density at radius 1 is 1.29 bits per heavy atom. The highest BCUT2D eigenvalue weighted by Gasteiger charge is 2.24. The van der Waals surface area contributed by atoms with Crippen LogP contribution in [0.4, 0.5) is 0 Å². The molecule has 1 rings (SSSR count). The lowest BCUT2D eigenvalue weighted by molar-refractivity contribution is -0.124. The van der Waals surface area contributed by atoms with E-state index in [1.165, 1.54) is 0 Å². The number of benzene rings is 1. The molecule has 0 radical (unpaired) electrons. The topological polar surface area (TPSA) is 38.3 Å². The SMILES string of the molecule is CNC(C)(C)C(=O)CCc1ccc(OC)cc1. The zero-order valence-electron chi connectivity index (χ0n) is 11.0. The fourth-order valence-corrected chi connectivity index (χ4v) is 1.50. The van der Waals surface area contributed by atoms with Gasteiger partial charge in [0, 0.05) is 6.42 Å². The molecule has 0 amide bonds. The molecular weight excluding hydrogens is 214 g/mol. The molecule has 0 heterocycles. The Labute approximate surface area is 103 Å². The predicted molar refractivity (Wildman–Crippen MR) is 69.5 cm³/mol. The van der Waals surface area contributed by atoms with Gasteiger partial charge in [-0.25, -0.2) is 0 Å². The minimum Gasteiger partial charge on any atom is -0.497 e. The molecule has 17 heavy (non-hydrogen) atoms. The van der Waals surface area contributed by atoms with E-state index in [4.69, 9.17) is 4.74 Å². The molecule has 0 aliphatic carbocycles. The van der Waals surface area contributed by atoms with Crippen LogP contribution in [0.5, 0.6) is 5.75 Å². The van der Waals surface area contributed by atoms with E-state index in [-0.39, 0.29) is 5.78 Å². The molecule has 0 bridgehead atoms. The van der Waals surface area contributed by atoms with E-state index in [2.05, 4.69) is 5.32 Å². The third-order valence-electron chi connectivity index (χ3n) is 3.12. The molecule has 94 valence electrons. The lowest BCUT2D eigenvalue weighted by atomic mass is 9.94. The molecule has 0 aliphatic heterocycles. The number of methoxy groups -OCH3 is 1. The largest absolute Gasteiger partial charge is 0.497 e. The average molecular weight is 235 g/mol. The minimum atomic E-state index is -0.438. The van der Waals surface area contributed by atoms with Crippen molar-refractivity contribution in [1.82, 2.24) is 5.32 Å². The van der Waals surface area contributed by atoms with Gasteiger partial charge < -0.3 is 10.1 Å². The quantitative estimate of drug-likeness (QED) is 0.821. The van der Waals surface area contributed by atoms with Crippen molar-refractivity contribution in [1.29, 1.82) is 0 Å². The summed E-state index contributed by atoms with van der Waals surface area (Å²) in [5.74, 6) is 1.08. The molecule has 0 atom stereocenters. The van der Waals surface area contributed by atoms with Gasteiger partial charge in [0.15, 0.2) is 5.78 Å². The Hall–Kier alpha value is -1.35. The van der Waals surface area contributed by atoms with E-state index in [0.717, 1.165) is 17.7 Å². The van der Waals surface area contributed by atoms with Gasteiger partial charge >= 0.3 is 0 Å². The van der Waals surface area contributed by atoms with Gasteiger partial charge in [0.05, 0.1) is 12.6 Å². The monoisotopic (exact) mass is 235 g/mol. The van der Waals surface area contributed by atoms with Gasteiger partial charge in [0.1, 0.15) is 5.75 Å². The molecule has 1 aromatic carbocycles. The Morgan fingerprint density at radius 2 is 1.88 bits per heavy atom. The average Bonchev–Trinajstić information content (AvgIpc) is 2.36. The van der Waals surface area contributed by atoms with Crippen molar-refractivity contribution in [2.75, 3.05) is 14.2 Å². The highest BCUT2D eigenvalue weighted by Crippen LogP contribution is 2.14. The van der Waals surface area contributed by atoms with Crippen molar-refractivity contribution in [3.8, 4) is 5.75 Å². The molecule has 3 nitrogen and oxygen atoms in total. The number of nitrogens with one attached hydrogen (secondary N) is 1. The van der Waals surface area contributed by atoms with Crippen LogP contribution < -0.4 is 10.1 Å². The van der Waals surface area contributed by atoms with Crippen LogP contribution in [0.2, 0.25) is 0 Å². The Balaban J connectivity index is 2.53. The summed E-state index contributed by atoms with van der Waals surface area (Å²) in [6.07, 6.45) is 1.33. The number of aryl methyl sites for hydroxylation is 1. The molecule has 0 aliphatic rings. The van der Waals surface area contributed by atoms with Crippen LogP contribution in [-0.2, 0) is 11.2 Å². The number of hydrogen-bond acceptors (Lipinski definition) is 3. The molecule has 0 spiro atoms. The number of Topliss-reactive ketones (excluding diaryl/α,β-unsaturated/α-hetero) is 1. The second-order valence-corrected chi connectivity index (χ2v) is 4.65. The van der Waals surface area contributed by atoms with Crippen molar-refractivity contribution >= 4 is 5.78 Å². The van der Waals surface area contributed by atoms with E-state index < -0.39 is 5.54 Å². The summed E-state index contributed by atoms with van der Waals surface area (Å²) in [6.45, 7) is 3.81. The number of carbonyl (C=O) groups excluding carboxylic acids is 1. The van der Waals surface area contributed by atoms with Crippen LogP contribution in [0.3, 0.4) is 0 Å². The summed E-state index contributed by atoms with van der Waals surface area (Å²) < 4.78 is 5.09. The Kier molecular flexibility index (Phi) is 4.70. The summed E-state index contributed by atoms with van der Waals surface area (Å²) in [7, 11) is 3.46. The summed E-state index contributed by atoms with van der Waals surface area (Å²) in [6, 6.07) is 7.84. The molecule has 3 heteroatoms. The maximum Gasteiger partial charge on any atom is 0.152 e. The molecule has 0 saturated carbocycles. The smallest absolute Gasteiger partial charge is 0.152 e. The fraction of sp³-hybridized carbons (Fsp3) is 0.500. The molecule has 1 N–H and O–H groups in total. The molecule has 0 saturated heterocycles. The molecule has 0 fully saturated rings. The van der Waals surface area contributed by atoms with Gasteiger partial charge in [-0.2, -0.15) is 0 Å². The zero-order chi connectivity index (χ0) is 12.9. The van der Waals surface area contributed by atoms with E-state index in [9.17, 15) is 4.79 Å². The first-order valence-corrected chi connectivity index (χ1v) is 5.84. The van der Waals surface area contributed by atoms with Gasteiger partial charge in [-0.15, -0.1) is 0 Å². The third-order valence-corrected chi connectivity index (χ3v) is 3.12. The minimum absolute atomic E-state index is 0.232. The van der Waals surface area contributed by atoms with Crippen LogP contribution in [0.15, 0.2) is 24.3 Å². The van der Waals surface area contributed by atoms with Crippen LogP contribution in [-0.4, -0.2) is 25.5 Å². The summed E-state index contributed by atoms with van der Waals surface area (Å²) in [4.78, 5) is 11.9. The Bertz CT molecular complexity index is 368. The predicted octanol–water partition coefficient (Wildman–Crippen LogP) is 2.19. The first-order chi connectivity index (χ1) is 7.99. The van der Waals surface area contributed by atoms with E-state index in [1.54, 1.807) is 7.11 Å². The zero-order valence-corrected chi connectivity index (χ0v) is 11.0. The lowest BCUT2D eigenvalue weighted by Crippen LogP contribution is -2.44. The maximum absolute atomic E-state index is 11.9. The van der Waals surface area contributed by atoms with Crippen LogP contribution in [0.1, 0.15) is 25.8 Å². The van der Waals surface area contributed by atoms with E-state index in [1.807, 2.05) is 45.2 Å². The maximum atomic E-state index is 11.9. The van der Waals surface area contributed by atoms with Crippen molar-refractivity contribution in [2.24, 2.45) is 0 Å². The first kappa shape index (κ1) is 13.7. The van der Waals surface area contributed by atoms with Gasteiger partial charge in [-0.05, 0) is 45.0 Å². The highest BCUT2D eigenvalue weighted by atomic mass is 16.5. The number of ketones is 1. The number of carbonyl (C=O) groups is 1. The molecule has 1 aromatic rings. The number of likely N-dealkylation sites (N-methyl/N-ethyl adjacent to an activating group) is 1. The van der Waals surface area contributed by atoms with Crippen molar-refractivity contribution in [2.45, 2.75) is 32.2 Å². The van der Waals surface area contributed by atoms with Crippen LogP contribution >= 0.6 is 0 Å². The van der Waals surface area contributed by atoms with Crippen LogP contribution in [0, 0.1) is 0 Å². The van der Waals surface area contributed by atoms with Gasteiger partial charge in [0.2, 0.25) is 0 Å². The third kappa shape index (κ3) is 3.86. The second-order valence-electron chi connectivity index (χ2n) is 4.65. The van der Waals surface area contributed by atoms with Gasteiger partial charge in [-0.3, -0.25) is 4.79 Å². The van der Waals surface area contributed by atoms with E-state index in [0.29, 0.717) is 6.42 Å². The second kappa shape index (κ2) is 5.82. The Morgan fingerprint density at radius 3 is 2.35 bits per heavy atom. The van der Waals surface area contributed by atoms with Crippen molar-refractivity contribution in [3.05, 3.63) is 29.8 Å². The summed E-state index contributed by atoms with van der Waals surface area (Å²) in [5, 5.41) is 3.03. The summed E-state index contributed by atoms with van der Waals surface area (Å²) >= 11 is 0. The van der Waals surface area contributed by atoms with Crippen molar-refractivity contribution in [3.63, 3.8) is 0 Å². The number of rotatable bonds is 6. The highest BCUT2D eigenvalue weighted by molar-refractivity contribution is 5.87. The van der Waals surface area contributed by atoms with Gasteiger partial charge in [0.25, 0.3) is 0 Å². The fourth-order valence-electron chi connectivity index (χ4n) is 1.50. The molecular formula is C14H21NO2. The normalized spacial score (nSPS) is 11.3. The summed E-state index contributed by atoms with van der Waals surface area (Å²) in [5.41, 5.74) is 0.720. The first-order valence-electron chi connectivity index (χ1n) is 5.84.